The molecule has 2 aromatic heterocycles. The Morgan fingerprint density at radius 1 is 1.33 bits per heavy atom. The van der Waals surface area contributed by atoms with Crippen LogP contribution in [-0.2, 0) is 11.8 Å². The summed E-state index contributed by atoms with van der Waals surface area (Å²) in [5, 5.41) is 22.9. The predicted molar refractivity (Wildman–Crippen MR) is 106 cm³/mol. The molecule has 9 heteroatoms. The van der Waals surface area contributed by atoms with Gasteiger partial charge in [0.2, 0.25) is 5.91 Å². The van der Waals surface area contributed by atoms with Crippen molar-refractivity contribution < 1.29 is 9.53 Å². The molecule has 2 heterocycles. The molecule has 138 valence electrons. The third-order valence-corrected chi connectivity index (χ3v) is 5.82. The molecule has 0 aliphatic heterocycles. The Hall–Kier alpha value is -2.83. The predicted octanol–water partition coefficient (Wildman–Crippen LogP) is 3.54. The van der Waals surface area contributed by atoms with Gasteiger partial charge in [-0.05, 0) is 42.6 Å². The number of thiophene rings is 1. The van der Waals surface area contributed by atoms with Crippen molar-refractivity contribution in [2.75, 3.05) is 12.4 Å². The molecule has 0 fully saturated rings. The highest BCUT2D eigenvalue weighted by Crippen LogP contribution is 2.28. The summed E-state index contributed by atoms with van der Waals surface area (Å²) in [7, 11) is 3.48. The number of anilines is 1. The number of aromatic nitrogens is 3. The number of hydrogen-bond donors (Lipinski definition) is 1. The largest absolute Gasteiger partial charge is 0.497 e. The number of ether oxygens (including phenoxy) is 1. The second-order valence-electron chi connectivity index (χ2n) is 5.62. The van der Waals surface area contributed by atoms with Gasteiger partial charge in [0.25, 0.3) is 0 Å². The first-order valence-corrected chi connectivity index (χ1v) is 9.78. The Morgan fingerprint density at radius 3 is 2.74 bits per heavy atom. The van der Waals surface area contributed by atoms with Crippen LogP contribution < -0.4 is 10.1 Å². The summed E-state index contributed by atoms with van der Waals surface area (Å²) in [6, 6.07) is 11.3. The van der Waals surface area contributed by atoms with Gasteiger partial charge in [-0.15, -0.1) is 21.5 Å². The summed E-state index contributed by atoms with van der Waals surface area (Å²) >= 11 is 2.64. The topological polar surface area (TPSA) is 92.8 Å². The fourth-order valence-electron chi connectivity index (χ4n) is 2.33. The average molecular weight is 400 g/mol. The molecule has 1 atom stereocenters. The third kappa shape index (κ3) is 4.13. The van der Waals surface area contributed by atoms with Gasteiger partial charge >= 0.3 is 0 Å². The number of amides is 1. The van der Waals surface area contributed by atoms with Gasteiger partial charge < -0.3 is 14.6 Å². The van der Waals surface area contributed by atoms with Crippen molar-refractivity contribution in [1.29, 1.82) is 5.26 Å². The zero-order valence-corrected chi connectivity index (χ0v) is 16.6. The Morgan fingerprint density at radius 2 is 2.07 bits per heavy atom. The highest BCUT2D eigenvalue weighted by atomic mass is 32.2. The molecule has 0 bridgehead atoms. The Balaban J connectivity index is 1.71. The van der Waals surface area contributed by atoms with Gasteiger partial charge in [0.05, 0.1) is 17.9 Å². The van der Waals surface area contributed by atoms with E-state index in [1.807, 2.05) is 35.9 Å². The van der Waals surface area contributed by atoms with Crippen LogP contribution in [0.5, 0.6) is 5.75 Å². The molecule has 0 unspecified atom stereocenters. The summed E-state index contributed by atoms with van der Waals surface area (Å²) in [5.41, 5.74) is 1.37. The van der Waals surface area contributed by atoms with Crippen molar-refractivity contribution in [2.45, 2.75) is 17.3 Å². The van der Waals surface area contributed by atoms with Crippen molar-refractivity contribution in [3.05, 3.63) is 41.3 Å². The molecule has 0 saturated carbocycles. The SMILES string of the molecule is COc1ccc(-c2nnc(S[C@H](C)C(=O)Nc3sccc3C#N)n2C)cc1. The quantitative estimate of drug-likeness (QED) is 0.637. The minimum Gasteiger partial charge on any atom is -0.497 e. The van der Waals surface area contributed by atoms with E-state index < -0.39 is 5.25 Å². The van der Waals surface area contributed by atoms with Crippen LogP contribution in [0.1, 0.15) is 12.5 Å². The Kier molecular flexibility index (Phi) is 5.78. The summed E-state index contributed by atoms with van der Waals surface area (Å²) in [6.45, 7) is 1.79. The van der Waals surface area contributed by atoms with Crippen LogP contribution in [0.2, 0.25) is 0 Å². The smallest absolute Gasteiger partial charge is 0.238 e. The fourth-order valence-corrected chi connectivity index (χ4v) is 3.88. The zero-order chi connectivity index (χ0) is 19.4. The van der Waals surface area contributed by atoms with E-state index in [1.54, 1.807) is 25.5 Å². The monoisotopic (exact) mass is 399 g/mol. The summed E-state index contributed by atoms with van der Waals surface area (Å²) in [6.07, 6.45) is 0. The van der Waals surface area contributed by atoms with Crippen LogP contribution in [0.15, 0.2) is 40.9 Å². The van der Waals surface area contributed by atoms with E-state index in [0.29, 0.717) is 21.5 Å². The maximum Gasteiger partial charge on any atom is 0.238 e. The highest BCUT2D eigenvalue weighted by Gasteiger charge is 2.20. The van der Waals surface area contributed by atoms with E-state index in [9.17, 15) is 4.79 Å². The Bertz CT molecular complexity index is 988. The van der Waals surface area contributed by atoms with Crippen LogP contribution in [-0.4, -0.2) is 33.0 Å². The van der Waals surface area contributed by atoms with E-state index in [4.69, 9.17) is 10.00 Å². The second-order valence-corrected chi connectivity index (χ2v) is 7.84. The zero-order valence-electron chi connectivity index (χ0n) is 15.0. The number of methoxy groups -OCH3 is 1. The first kappa shape index (κ1) is 18.9. The van der Waals surface area contributed by atoms with E-state index in [-0.39, 0.29) is 5.91 Å². The van der Waals surface area contributed by atoms with Crippen molar-refractivity contribution in [3.63, 3.8) is 0 Å². The van der Waals surface area contributed by atoms with E-state index in [2.05, 4.69) is 21.6 Å². The minimum absolute atomic E-state index is 0.187. The lowest BCUT2D eigenvalue weighted by atomic mass is 10.2. The van der Waals surface area contributed by atoms with Gasteiger partial charge in [0.15, 0.2) is 11.0 Å². The molecular weight excluding hydrogens is 382 g/mol. The summed E-state index contributed by atoms with van der Waals surface area (Å²) < 4.78 is 7.02. The summed E-state index contributed by atoms with van der Waals surface area (Å²) in [4.78, 5) is 12.4. The number of rotatable bonds is 6. The van der Waals surface area contributed by atoms with Crippen LogP contribution in [0.4, 0.5) is 5.00 Å². The molecule has 3 aromatic rings. The lowest BCUT2D eigenvalue weighted by molar-refractivity contribution is -0.115. The molecular formula is C18H17N5O2S2. The van der Waals surface area contributed by atoms with Crippen molar-refractivity contribution >= 4 is 34.0 Å². The van der Waals surface area contributed by atoms with Crippen LogP contribution in [0.25, 0.3) is 11.4 Å². The first-order valence-electron chi connectivity index (χ1n) is 8.02. The number of hydrogen-bond acceptors (Lipinski definition) is 7. The molecule has 0 radical (unpaired) electrons. The van der Waals surface area contributed by atoms with Gasteiger partial charge in [-0.1, -0.05) is 11.8 Å². The maximum atomic E-state index is 12.4. The molecule has 0 saturated heterocycles. The number of thioether (sulfide) groups is 1. The molecule has 0 aliphatic rings. The standard InChI is InChI=1S/C18H17N5O2S2/c1-11(16(24)20-17-13(10-19)8-9-26-17)27-18-22-21-15(23(18)2)12-4-6-14(25-3)7-5-12/h4-9,11H,1-3H3,(H,20,24)/t11-/m1/s1. The molecule has 1 N–H and O–H groups in total. The van der Waals surface area contributed by atoms with Crippen molar-refractivity contribution in [3.8, 4) is 23.2 Å². The first-order chi connectivity index (χ1) is 13.0. The number of carbonyl (C=O) groups excluding carboxylic acids is 1. The van der Waals surface area contributed by atoms with Gasteiger partial charge in [-0.2, -0.15) is 5.26 Å². The van der Waals surface area contributed by atoms with Gasteiger partial charge in [-0.3, -0.25) is 4.79 Å². The van der Waals surface area contributed by atoms with E-state index in [0.717, 1.165) is 11.3 Å². The number of nitriles is 1. The molecule has 27 heavy (non-hydrogen) atoms. The number of carbonyl (C=O) groups is 1. The van der Waals surface area contributed by atoms with Crippen LogP contribution in [0.3, 0.4) is 0 Å². The lowest BCUT2D eigenvalue weighted by Gasteiger charge is -2.11. The molecule has 0 spiro atoms. The molecule has 0 aliphatic carbocycles. The van der Waals surface area contributed by atoms with Crippen LogP contribution >= 0.6 is 23.1 Å². The van der Waals surface area contributed by atoms with Crippen LogP contribution in [0, 0.1) is 11.3 Å². The molecule has 3 rings (SSSR count). The third-order valence-electron chi connectivity index (χ3n) is 3.86. The van der Waals surface area contributed by atoms with Crippen molar-refractivity contribution in [1.82, 2.24) is 14.8 Å². The Labute approximate surface area is 165 Å². The van der Waals surface area contributed by atoms with Gasteiger partial charge in [-0.25, -0.2) is 0 Å². The van der Waals surface area contributed by atoms with Gasteiger partial charge in [0.1, 0.15) is 16.8 Å². The fraction of sp³-hybridized carbons (Fsp3) is 0.222. The minimum atomic E-state index is -0.398. The van der Waals surface area contributed by atoms with Crippen molar-refractivity contribution in [2.24, 2.45) is 7.05 Å². The van der Waals surface area contributed by atoms with E-state index >= 15 is 0 Å². The van der Waals surface area contributed by atoms with E-state index in [1.165, 1.54) is 23.1 Å². The average Bonchev–Trinajstić information content (AvgIpc) is 3.28. The normalized spacial score (nSPS) is 11.6. The lowest BCUT2D eigenvalue weighted by Crippen LogP contribution is -2.22. The van der Waals surface area contributed by atoms with Gasteiger partial charge in [0, 0.05) is 12.6 Å². The number of nitrogens with zero attached hydrogens (tertiary/aromatic N) is 4. The number of benzene rings is 1. The summed E-state index contributed by atoms with van der Waals surface area (Å²) in [5.74, 6) is 1.29. The number of nitrogens with one attached hydrogen (secondary N) is 1. The second kappa shape index (κ2) is 8.24. The highest BCUT2D eigenvalue weighted by molar-refractivity contribution is 8.00. The molecule has 1 amide bonds. The molecule has 7 nitrogen and oxygen atoms in total. The molecule has 1 aromatic carbocycles. The maximum absolute atomic E-state index is 12.4.